The lowest BCUT2D eigenvalue weighted by Crippen LogP contribution is -2.51. The van der Waals surface area contributed by atoms with Gasteiger partial charge in [-0.2, -0.15) is 11.8 Å². The van der Waals surface area contributed by atoms with Crippen molar-refractivity contribution in [1.29, 1.82) is 0 Å². The maximum absolute atomic E-state index is 14.0. The Kier molecular flexibility index (Phi) is 7.06. The van der Waals surface area contributed by atoms with E-state index in [2.05, 4.69) is 15.6 Å². The van der Waals surface area contributed by atoms with Crippen molar-refractivity contribution in [3.63, 3.8) is 0 Å². The van der Waals surface area contributed by atoms with Crippen LogP contribution in [0, 0.1) is 5.82 Å². The SMILES string of the molecule is O=C(NC1CCC(n2c(=O)c3cc(F)cnc3n(C3CCSCC3)c2=O)CC1)C1CCCCN1. The molecule has 2 saturated heterocycles. The number of nitrogens with zero attached hydrogens (tertiary/aromatic N) is 3. The van der Waals surface area contributed by atoms with Crippen LogP contribution in [-0.2, 0) is 4.79 Å². The van der Waals surface area contributed by atoms with Crippen LogP contribution in [0.15, 0.2) is 21.9 Å². The zero-order valence-corrected chi connectivity index (χ0v) is 20.1. The molecule has 0 bridgehead atoms. The average molecular weight is 490 g/mol. The molecular formula is C24H32FN5O3S. The first kappa shape index (κ1) is 23.5. The number of pyridine rings is 1. The van der Waals surface area contributed by atoms with E-state index in [1.54, 1.807) is 4.57 Å². The largest absolute Gasteiger partial charge is 0.352 e. The lowest BCUT2D eigenvalue weighted by Gasteiger charge is -2.32. The molecule has 10 heteroatoms. The van der Waals surface area contributed by atoms with Crippen molar-refractivity contribution in [2.24, 2.45) is 0 Å². The summed E-state index contributed by atoms with van der Waals surface area (Å²) < 4.78 is 17.0. The molecule has 1 amide bonds. The van der Waals surface area contributed by atoms with Gasteiger partial charge in [0, 0.05) is 18.1 Å². The van der Waals surface area contributed by atoms with Crippen molar-refractivity contribution in [3.05, 3.63) is 38.9 Å². The van der Waals surface area contributed by atoms with Crippen molar-refractivity contribution >= 4 is 28.7 Å². The van der Waals surface area contributed by atoms with Crippen molar-refractivity contribution in [2.75, 3.05) is 18.1 Å². The molecule has 5 rings (SSSR count). The summed E-state index contributed by atoms with van der Waals surface area (Å²) in [4.78, 5) is 43.8. The number of hydrogen-bond donors (Lipinski definition) is 2. The normalized spacial score (nSPS) is 26.4. The number of piperidine rings is 1. The van der Waals surface area contributed by atoms with Crippen molar-refractivity contribution in [2.45, 2.75) is 82.0 Å². The van der Waals surface area contributed by atoms with Crippen molar-refractivity contribution in [3.8, 4) is 0 Å². The maximum Gasteiger partial charge on any atom is 0.333 e. The molecule has 0 radical (unpaired) electrons. The third-order valence-electron chi connectivity index (χ3n) is 7.51. The first-order chi connectivity index (χ1) is 16.5. The summed E-state index contributed by atoms with van der Waals surface area (Å²) in [5.74, 6) is 1.35. The Morgan fingerprint density at radius 3 is 2.47 bits per heavy atom. The molecule has 1 unspecified atom stereocenters. The molecule has 3 fully saturated rings. The second-order valence-electron chi connectivity index (χ2n) is 9.71. The molecule has 4 heterocycles. The Hall–Kier alpha value is -2.20. The quantitative estimate of drug-likeness (QED) is 0.685. The summed E-state index contributed by atoms with van der Waals surface area (Å²) in [5.41, 5.74) is -0.523. The lowest BCUT2D eigenvalue weighted by atomic mass is 9.90. The number of rotatable bonds is 4. The van der Waals surface area contributed by atoms with E-state index in [1.807, 2.05) is 11.8 Å². The molecule has 34 heavy (non-hydrogen) atoms. The molecule has 184 valence electrons. The van der Waals surface area contributed by atoms with Gasteiger partial charge < -0.3 is 10.6 Å². The number of aromatic nitrogens is 3. The third kappa shape index (κ3) is 4.66. The first-order valence-corrected chi connectivity index (χ1v) is 13.6. The first-order valence-electron chi connectivity index (χ1n) is 12.5. The minimum atomic E-state index is -0.580. The van der Waals surface area contributed by atoms with Gasteiger partial charge >= 0.3 is 5.69 Å². The number of hydrogen-bond acceptors (Lipinski definition) is 6. The van der Waals surface area contributed by atoms with Crippen LogP contribution in [0.3, 0.4) is 0 Å². The minimum absolute atomic E-state index is 0.0420. The van der Waals surface area contributed by atoms with Gasteiger partial charge in [-0.1, -0.05) is 6.42 Å². The maximum atomic E-state index is 14.0. The molecule has 0 spiro atoms. The summed E-state index contributed by atoms with van der Waals surface area (Å²) in [6, 6.07) is 0.813. The Labute approximate surface area is 201 Å². The number of carbonyl (C=O) groups is 1. The van der Waals surface area contributed by atoms with Gasteiger partial charge in [0.1, 0.15) is 11.5 Å². The molecule has 2 N–H and O–H groups in total. The molecule has 2 aliphatic heterocycles. The zero-order chi connectivity index (χ0) is 23.7. The van der Waals surface area contributed by atoms with Crippen molar-refractivity contribution in [1.82, 2.24) is 24.8 Å². The zero-order valence-electron chi connectivity index (χ0n) is 19.3. The van der Waals surface area contributed by atoms with Crippen LogP contribution < -0.4 is 21.9 Å². The van der Waals surface area contributed by atoms with Crippen molar-refractivity contribution < 1.29 is 9.18 Å². The molecule has 8 nitrogen and oxygen atoms in total. The fraction of sp³-hybridized carbons (Fsp3) is 0.667. The highest BCUT2D eigenvalue weighted by atomic mass is 32.2. The number of fused-ring (bicyclic) bond motifs is 1. The highest BCUT2D eigenvalue weighted by Gasteiger charge is 2.30. The van der Waals surface area contributed by atoms with E-state index >= 15 is 0 Å². The molecule has 2 aromatic heterocycles. The highest BCUT2D eigenvalue weighted by Crippen LogP contribution is 2.30. The van der Waals surface area contributed by atoms with E-state index in [4.69, 9.17) is 0 Å². The Balaban J connectivity index is 1.40. The monoisotopic (exact) mass is 489 g/mol. The van der Waals surface area contributed by atoms with Gasteiger partial charge in [0.15, 0.2) is 0 Å². The summed E-state index contributed by atoms with van der Waals surface area (Å²) in [7, 11) is 0. The second kappa shape index (κ2) is 10.2. The number of nitrogens with one attached hydrogen (secondary N) is 2. The highest BCUT2D eigenvalue weighted by molar-refractivity contribution is 7.99. The van der Waals surface area contributed by atoms with Crippen LogP contribution in [0.1, 0.15) is 69.9 Å². The molecule has 1 saturated carbocycles. The fourth-order valence-corrected chi connectivity index (χ4v) is 6.74. The molecule has 3 aliphatic rings. The number of halogens is 1. The van der Waals surface area contributed by atoms with Gasteiger partial charge in [-0.3, -0.25) is 18.7 Å². The predicted octanol–water partition coefficient (Wildman–Crippen LogP) is 2.51. The van der Waals surface area contributed by atoms with Gasteiger partial charge in [0.25, 0.3) is 5.56 Å². The van der Waals surface area contributed by atoms with Crippen LogP contribution in [0.4, 0.5) is 4.39 Å². The topological polar surface area (TPSA) is 98.0 Å². The summed E-state index contributed by atoms with van der Waals surface area (Å²) in [6.07, 6.45) is 8.39. The molecule has 1 aliphatic carbocycles. The fourth-order valence-electron chi connectivity index (χ4n) is 5.65. The lowest BCUT2D eigenvalue weighted by molar-refractivity contribution is -0.124. The Bertz CT molecular complexity index is 1160. The van der Waals surface area contributed by atoms with Crippen LogP contribution in [0.2, 0.25) is 0 Å². The third-order valence-corrected chi connectivity index (χ3v) is 8.56. The predicted molar refractivity (Wildman–Crippen MR) is 131 cm³/mol. The summed E-state index contributed by atoms with van der Waals surface area (Å²) >= 11 is 1.85. The molecular weight excluding hydrogens is 457 g/mol. The number of carbonyl (C=O) groups excluding carboxylic acids is 1. The van der Waals surface area contributed by atoms with E-state index in [-0.39, 0.29) is 46.8 Å². The van der Waals surface area contributed by atoms with Gasteiger partial charge in [0.05, 0.1) is 17.6 Å². The van der Waals surface area contributed by atoms with Crippen LogP contribution in [0.5, 0.6) is 0 Å². The second-order valence-corrected chi connectivity index (χ2v) is 10.9. The van der Waals surface area contributed by atoms with Gasteiger partial charge in [-0.05, 0) is 75.5 Å². The smallest absolute Gasteiger partial charge is 0.333 e. The van der Waals surface area contributed by atoms with Crippen LogP contribution in [-0.4, -0.2) is 50.2 Å². The van der Waals surface area contributed by atoms with Gasteiger partial charge in [-0.15, -0.1) is 0 Å². The Morgan fingerprint density at radius 1 is 1.03 bits per heavy atom. The van der Waals surface area contributed by atoms with E-state index in [0.717, 1.165) is 56.4 Å². The summed E-state index contributed by atoms with van der Waals surface area (Å²) in [6.45, 7) is 0.872. The number of amides is 1. The number of thioether (sulfide) groups is 1. The van der Waals surface area contributed by atoms with E-state index in [1.165, 1.54) is 10.6 Å². The van der Waals surface area contributed by atoms with E-state index < -0.39 is 11.4 Å². The van der Waals surface area contributed by atoms with E-state index in [9.17, 15) is 18.8 Å². The van der Waals surface area contributed by atoms with Crippen LogP contribution in [0.25, 0.3) is 11.0 Å². The van der Waals surface area contributed by atoms with Gasteiger partial charge in [-0.25, -0.2) is 14.2 Å². The Morgan fingerprint density at radius 2 is 1.76 bits per heavy atom. The average Bonchev–Trinajstić information content (AvgIpc) is 2.87. The molecule has 2 aromatic rings. The van der Waals surface area contributed by atoms with Crippen LogP contribution >= 0.6 is 11.8 Å². The van der Waals surface area contributed by atoms with Gasteiger partial charge in [0.2, 0.25) is 5.91 Å². The molecule has 1 atom stereocenters. The van der Waals surface area contributed by atoms with E-state index in [0.29, 0.717) is 25.7 Å². The summed E-state index contributed by atoms with van der Waals surface area (Å²) in [5, 5.41) is 6.60. The standard InChI is InChI=1S/C24H32FN5O3S/c25-15-13-19-21(27-14-15)29(18-8-11-34-12-9-18)24(33)30(23(19)32)17-6-4-16(5-7-17)28-22(31)20-3-1-2-10-26-20/h13-14,16-18,20,26H,1-12H2,(H,28,31). The minimum Gasteiger partial charge on any atom is -0.352 e. The molecule has 0 aromatic carbocycles.